The number of rotatable bonds is 8. The second-order valence-corrected chi connectivity index (χ2v) is 15.7. The SMILES string of the molecule is CC(C)(C)OC(=O)NC1CCC(N(CCCN2CCN(C(=O)OC(C)(C)C)CC2)c2cccc3c2CN(C2CCC(=O)NC2=O)C3=O)CC1. The first-order valence-corrected chi connectivity index (χ1v) is 17.8. The number of fused-ring (bicyclic) bond motifs is 1. The highest BCUT2D eigenvalue weighted by Gasteiger charge is 2.41. The summed E-state index contributed by atoms with van der Waals surface area (Å²) in [5, 5.41) is 5.44. The van der Waals surface area contributed by atoms with Crippen molar-refractivity contribution in [2.24, 2.45) is 0 Å². The number of piperidine rings is 1. The molecule has 3 fully saturated rings. The first kappa shape index (κ1) is 36.4. The van der Waals surface area contributed by atoms with Crippen molar-refractivity contribution in [2.75, 3.05) is 44.2 Å². The van der Waals surface area contributed by atoms with Crippen LogP contribution in [-0.2, 0) is 25.6 Å². The number of alkyl carbamates (subject to hydrolysis) is 1. The van der Waals surface area contributed by atoms with Gasteiger partial charge in [0.05, 0.1) is 0 Å². The number of amides is 5. The predicted octanol–water partition coefficient (Wildman–Crippen LogP) is 4.03. The molecule has 270 valence electrons. The number of imide groups is 1. The Hall–Kier alpha value is -3.87. The Morgan fingerprint density at radius 2 is 1.59 bits per heavy atom. The summed E-state index contributed by atoms with van der Waals surface area (Å²) < 4.78 is 11.1. The highest BCUT2D eigenvalue weighted by atomic mass is 16.6. The van der Waals surface area contributed by atoms with E-state index in [9.17, 15) is 24.0 Å². The van der Waals surface area contributed by atoms with Gasteiger partial charge in [0.1, 0.15) is 17.2 Å². The molecule has 1 saturated carbocycles. The molecule has 0 spiro atoms. The normalized spacial score (nSPS) is 23.6. The van der Waals surface area contributed by atoms with Crippen LogP contribution in [0.1, 0.15) is 102 Å². The number of anilines is 1. The van der Waals surface area contributed by atoms with Gasteiger partial charge < -0.3 is 29.5 Å². The molecule has 2 N–H and O–H groups in total. The molecule has 4 aliphatic rings. The molecule has 2 saturated heterocycles. The number of carbonyl (C=O) groups excluding carboxylic acids is 5. The summed E-state index contributed by atoms with van der Waals surface area (Å²) in [6.45, 7) is 15.9. The van der Waals surface area contributed by atoms with Crippen molar-refractivity contribution in [1.82, 2.24) is 25.3 Å². The van der Waals surface area contributed by atoms with Gasteiger partial charge in [-0.3, -0.25) is 24.6 Å². The van der Waals surface area contributed by atoms with E-state index in [1.807, 2.05) is 53.7 Å². The second-order valence-electron chi connectivity index (χ2n) is 15.7. The number of benzene rings is 1. The van der Waals surface area contributed by atoms with Gasteiger partial charge in [0.15, 0.2) is 0 Å². The third kappa shape index (κ3) is 9.43. The average molecular weight is 683 g/mol. The first-order valence-electron chi connectivity index (χ1n) is 17.8. The van der Waals surface area contributed by atoms with Gasteiger partial charge in [0.25, 0.3) is 5.91 Å². The molecule has 5 rings (SSSR count). The standard InChI is InChI=1S/C36H54N6O7/c1-35(2,3)48-33(46)37-24-11-13-25(14-12-24)41(18-8-17-39-19-21-40(22-20-39)34(47)49-36(4,5)6)28-10-7-9-26-27(28)23-42(32(26)45)29-15-16-30(43)38-31(29)44/h7,9-10,24-25,29H,8,11-23H2,1-6H3,(H,37,46)(H,38,43,44). The minimum atomic E-state index is -0.674. The summed E-state index contributed by atoms with van der Waals surface area (Å²) in [6, 6.07) is 5.38. The second kappa shape index (κ2) is 14.9. The molecule has 1 atom stereocenters. The van der Waals surface area contributed by atoms with Crippen molar-refractivity contribution < 1.29 is 33.4 Å². The van der Waals surface area contributed by atoms with Crippen molar-refractivity contribution in [3.05, 3.63) is 29.3 Å². The largest absolute Gasteiger partial charge is 0.444 e. The Morgan fingerprint density at radius 1 is 0.918 bits per heavy atom. The van der Waals surface area contributed by atoms with Crippen LogP contribution in [0.2, 0.25) is 0 Å². The van der Waals surface area contributed by atoms with Gasteiger partial charge in [0, 0.05) is 74.6 Å². The average Bonchev–Trinajstić information content (AvgIpc) is 3.34. The molecule has 5 amide bonds. The van der Waals surface area contributed by atoms with E-state index in [0.717, 1.165) is 69.5 Å². The zero-order valence-corrected chi connectivity index (χ0v) is 30.0. The van der Waals surface area contributed by atoms with Crippen LogP contribution in [-0.4, -0.2) is 113 Å². The minimum absolute atomic E-state index is 0.0281. The van der Waals surface area contributed by atoms with Gasteiger partial charge in [-0.15, -0.1) is 0 Å². The molecule has 1 aromatic rings. The summed E-state index contributed by atoms with van der Waals surface area (Å²) in [5.74, 6) is -0.905. The lowest BCUT2D eigenvalue weighted by Crippen LogP contribution is -2.52. The fraction of sp³-hybridized carbons (Fsp3) is 0.694. The van der Waals surface area contributed by atoms with Crippen LogP contribution in [0.3, 0.4) is 0 Å². The Balaban J connectivity index is 1.27. The van der Waals surface area contributed by atoms with Crippen molar-refractivity contribution in [3.63, 3.8) is 0 Å². The van der Waals surface area contributed by atoms with Crippen LogP contribution >= 0.6 is 0 Å². The summed E-state index contributed by atoms with van der Waals surface area (Å²) in [5.41, 5.74) is 1.43. The van der Waals surface area contributed by atoms with Crippen LogP contribution in [0.5, 0.6) is 0 Å². The molecule has 3 aliphatic heterocycles. The van der Waals surface area contributed by atoms with Crippen molar-refractivity contribution in [1.29, 1.82) is 0 Å². The quantitative estimate of drug-likeness (QED) is 0.389. The molecule has 3 heterocycles. The predicted molar refractivity (Wildman–Crippen MR) is 184 cm³/mol. The molecule has 0 bridgehead atoms. The number of piperazine rings is 1. The van der Waals surface area contributed by atoms with Crippen LogP contribution in [0, 0.1) is 0 Å². The number of hydrogen-bond donors (Lipinski definition) is 2. The molecular formula is C36H54N6O7. The molecule has 1 aliphatic carbocycles. The molecule has 49 heavy (non-hydrogen) atoms. The lowest BCUT2D eigenvalue weighted by molar-refractivity contribution is -0.136. The molecule has 13 heteroatoms. The van der Waals surface area contributed by atoms with Crippen LogP contribution in [0.15, 0.2) is 18.2 Å². The van der Waals surface area contributed by atoms with E-state index in [1.54, 1.807) is 9.80 Å². The summed E-state index contributed by atoms with van der Waals surface area (Å²) in [4.78, 5) is 71.4. The Bertz CT molecular complexity index is 1400. The van der Waals surface area contributed by atoms with Gasteiger partial charge in [-0.25, -0.2) is 9.59 Å². The Kier molecular flexibility index (Phi) is 11.1. The van der Waals surface area contributed by atoms with Gasteiger partial charge >= 0.3 is 12.2 Å². The molecule has 0 radical (unpaired) electrons. The lowest BCUT2D eigenvalue weighted by Gasteiger charge is -2.40. The Labute approximate surface area is 290 Å². The molecule has 1 unspecified atom stereocenters. The fourth-order valence-corrected chi connectivity index (χ4v) is 7.29. The van der Waals surface area contributed by atoms with Gasteiger partial charge in [-0.1, -0.05) is 6.07 Å². The van der Waals surface area contributed by atoms with Crippen molar-refractivity contribution in [2.45, 2.75) is 122 Å². The van der Waals surface area contributed by atoms with Gasteiger partial charge in [0.2, 0.25) is 11.8 Å². The van der Waals surface area contributed by atoms with Gasteiger partial charge in [-0.2, -0.15) is 0 Å². The highest BCUT2D eigenvalue weighted by Crippen LogP contribution is 2.37. The van der Waals surface area contributed by atoms with E-state index in [-0.39, 0.29) is 36.4 Å². The fourth-order valence-electron chi connectivity index (χ4n) is 7.29. The van der Waals surface area contributed by atoms with Crippen LogP contribution in [0.4, 0.5) is 15.3 Å². The van der Waals surface area contributed by atoms with E-state index in [4.69, 9.17) is 9.47 Å². The number of hydrogen-bond acceptors (Lipinski definition) is 9. The van der Waals surface area contributed by atoms with E-state index < -0.39 is 29.2 Å². The Morgan fingerprint density at radius 3 is 2.22 bits per heavy atom. The maximum Gasteiger partial charge on any atom is 0.410 e. The molecule has 13 nitrogen and oxygen atoms in total. The van der Waals surface area contributed by atoms with E-state index in [1.165, 1.54) is 0 Å². The summed E-state index contributed by atoms with van der Waals surface area (Å²) in [7, 11) is 0. The maximum atomic E-state index is 13.6. The highest BCUT2D eigenvalue weighted by molar-refractivity contribution is 6.06. The van der Waals surface area contributed by atoms with E-state index in [0.29, 0.717) is 31.6 Å². The number of nitrogens with zero attached hydrogens (tertiary/aromatic N) is 4. The zero-order chi connectivity index (χ0) is 35.5. The summed E-state index contributed by atoms with van der Waals surface area (Å²) in [6.07, 6.45) is 4.10. The number of carbonyl (C=O) groups is 5. The maximum absolute atomic E-state index is 13.6. The lowest BCUT2D eigenvalue weighted by atomic mass is 9.89. The molecule has 1 aromatic carbocycles. The van der Waals surface area contributed by atoms with Crippen LogP contribution < -0.4 is 15.5 Å². The van der Waals surface area contributed by atoms with Crippen molar-refractivity contribution >= 4 is 35.6 Å². The van der Waals surface area contributed by atoms with E-state index in [2.05, 4.69) is 26.5 Å². The van der Waals surface area contributed by atoms with Gasteiger partial charge in [-0.05, 0) is 98.7 Å². The summed E-state index contributed by atoms with van der Waals surface area (Å²) >= 11 is 0. The molecule has 0 aromatic heterocycles. The molecular weight excluding hydrogens is 628 g/mol. The third-order valence-electron chi connectivity index (χ3n) is 9.62. The van der Waals surface area contributed by atoms with Crippen LogP contribution in [0.25, 0.3) is 0 Å². The number of nitrogens with one attached hydrogen (secondary N) is 2. The minimum Gasteiger partial charge on any atom is -0.444 e. The van der Waals surface area contributed by atoms with Crippen molar-refractivity contribution in [3.8, 4) is 0 Å². The first-order chi connectivity index (χ1) is 23.1. The smallest absolute Gasteiger partial charge is 0.410 e. The van der Waals surface area contributed by atoms with E-state index >= 15 is 0 Å². The zero-order valence-electron chi connectivity index (χ0n) is 30.0. The topological polar surface area (TPSA) is 141 Å². The third-order valence-corrected chi connectivity index (χ3v) is 9.62. The number of ether oxygens (including phenoxy) is 2. The monoisotopic (exact) mass is 682 g/mol.